The van der Waals surface area contributed by atoms with Crippen molar-refractivity contribution < 1.29 is 0 Å². The molecule has 0 aromatic carbocycles. The Morgan fingerprint density at radius 3 is 2.81 bits per heavy atom. The molecule has 0 radical (unpaired) electrons. The van der Waals surface area contributed by atoms with Gasteiger partial charge in [-0.2, -0.15) is 11.8 Å². The molecule has 0 aromatic heterocycles. The predicted molar refractivity (Wildman–Crippen MR) is 75.3 cm³/mol. The molecule has 1 rings (SSSR count). The van der Waals surface area contributed by atoms with Gasteiger partial charge < -0.3 is 10.2 Å². The van der Waals surface area contributed by atoms with Crippen molar-refractivity contribution in [1.29, 1.82) is 0 Å². The van der Waals surface area contributed by atoms with E-state index in [0.29, 0.717) is 0 Å². The van der Waals surface area contributed by atoms with E-state index < -0.39 is 0 Å². The summed E-state index contributed by atoms with van der Waals surface area (Å²) in [6, 6.07) is 1.52. The van der Waals surface area contributed by atoms with E-state index in [9.17, 15) is 0 Å². The van der Waals surface area contributed by atoms with Crippen LogP contribution in [0.2, 0.25) is 0 Å². The van der Waals surface area contributed by atoms with Gasteiger partial charge in [0.25, 0.3) is 0 Å². The van der Waals surface area contributed by atoms with Crippen LogP contribution in [0.3, 0.4) is 0 Å². The van der Waals surface area contributed by atoms with Crippen molar-refractivity contribution in [1.82, 2.24) is 10.2 Å². The van der Waals surface area contributed by atoms with Gasteiger partial charge in [0.15, 0.2) is 0 Å². The lowest BCUT2D eigenvalue weighted by molar-refractivity contribution is 0.168. The first kappa shape index (κ1) is 14.3. The van der Waals surface area contributed by atoms with Crippen molar-refractivity contribution in [3.05, 3.63) is 0 Å². The van der Waals surface area contributed by atoms with Gasteiger partial charge in [0.2, 0.25) is 0 Å². The number of nitrogens with one attached hydrogen (secondary N) is 1. The summed E-state index contributed by atoms with van der Waals surface area (Å²) in [6.45, 7) is 4.81. The molecule has 0 saturated carbocycles. The molecule has 2 nitrogen and oxygen atoms in total. The molecule has 0 bridgehead atoms. The van der Waals surface area contributed by atoms with E-state index >= 15 is 0 Å². The van der Waals surface area contributed by atoms with Crippen LogP contribution in [0.15, 0.2) is 0 Å². The largest absolute Gasteiger partial charge is 0.314 e. The highest BCUT2D eigenvalue weighted by Crippen LogP contribution is 2.15. The average molecular weight is 244 g/mol. The van der Waals surface area contributed by atoms with E-state index in [1.165, 1.54) is 50.9 Å². The first-order valence-corrected chi connectivity index (χ1v) is 8.06. The highest BCUT2D eigenvalue weighted by atomic mass is 32.2. The van der Waals surface area contributed by atoms with Crippen molar-refractivity contribution in [2.24, 2.45) is 0 Å². The average Bonchev–Trinajstić information content (AvgIpc) is 2.28. The fourth-order valence-electron chi connectivity index (χ4n) is 2.33. The third-order valence-corrected chi connectivity index (χ3v) is 4.36. The Bertz CT molecular complexity index is 175. The van der Waals surface area contributed by atoms with Crippen LogP contribution >= 0.6 is 11.8 Å². The number of rotatable bonds is 7. The maximum absolute atomic E-state index is 3.72. The molecule has 1 aliphatic heterocycles. The first-order valence-electron chi connectivity index (χ1n) is 6.66. The Kier molecular flexibility index (Phi) is 7.50. The third-order valence-electron chi connectivity index (χ3n) is 3.67. The smallest absolute Gasteiger partial charge is 0.00940 e. The number of unbranched alkanes of at least 4 members (excludes halogenated alkanes) is 2. The quantitative estimate of drug-likeness (QED) is 0.693. The minimum absolute atomic E-state index is 0.753. The molecular weight excluding hydrogens is 216 g/mol. The van der Waals surface area contributed by atoms with E-state index in [0.717, 1.165) is 12.1 Å². The lowest BCUT2D eigenvalue weighted by Gasteiger charge is -2.35. The molecule has 1 fully saturated rings. The van der Waals surface area contributed by atoms with Gasteiger partial charge in [0.1, 0.15) is 0 Å². The van der Waals surface area contributed by atoms with E-state index in [2.05, 4.69) is 30.4 Å². The van der Waals surface area contributed by atoms with Crippen LogP contribution < -0.4 is 5.32 Å². The lowest BCUT2D eigenvalue weighted by atomic mass is 9.99. The van der Waals surface area contributed by atoms with Crippen LogP contribution in [-0.4, -0.2) is 49.1 Å². The summed E-state index contributed by atoms with van der Waals surface area (Å²) < 4.78 is 0. The van der Waals surface area contributed by atoms with Gasteiger partial charge in [-0.25, -0.2) is 0 Å². The minimum atomic E-state index is 0.753. The molecule has 3 heteroatoms. The summed E-state index contributed by atoms with van der Waals surface area (Å²) in [4.78, 5) is 2.47. The van der Waals surface area contributed by atoms with E-state index in [-0.39, 0.29) is 0 Å². The number of nitrogens with zero attached hydrogens (tertiary/aromatic N) is 1. The molecule has 0 spiro atoms. The molecule has 96 valence electrons. The van der Waals surface area contributed by atoms with Crippen molar-refractivity contribution in [2.75, 3.05) is 32.1 Å². The molecule has 0 aliphatic carbocycles. The summed E-state index contributed by atoms with van der Waals surface area (Å²) in [5.74, 6) is 1.32. The van der Waals surface area contributed by atoms with E-state index in [4.69, 9.17) is 0 Å². The number of likely N-dealkylation sites (tertiary alicyclic amines) is 1. The third kappa shape index (κ3) is 5.55. The van der Waals surface area contributed by atoms with Crippen molar-refractivity contribution in [2.45, 2.75) is 51.1 Å². The fourth-order valence-corrected chi connectivity index (χ4v) is 2.82. The second kappa shape index (κ2) is 8.37. The van der Waals surface area contributed by atoms with E-state index in [1.807, 2.05) is 11.8 Å². The lowest BCUT2D eigenvalue weighted by Crippen LogP contribution is -2.45. The number of hydrogen-bond acceptors (Lipinski definition) is 3. The summed E-state index contributed by atoms with van der Waals surface area (Å²) in [7, 11) is 2.24. The normalized spacial score (nSPS) is 27.2. The zero-order valence-electron chi connectivity index (χ0n) is 11.2. The maximum Gasteiger partial charge on any atom is 0.00940 e. The minimum Gasteiger partial charge on any atom is -0.314 e. The SMILES string of the molecule is CSCCCCCNC1CCN(C)C(C)C1. The highest BCUT2D eigenvalue weighted by Gasteiger charge is 2.21. The Hall–Kier alpha value is 0.270. The van der Waals surface area contributed by atoms with Crippen LogP contribution in [-0.2, 0) is 0 Å². The molecule has 0 amide bonds. The molecule has 2 unspecified atom stereocenters. The van der Waals surface area contributed by atoms with Gasteiger partial charge in [-0.1, -0.05) is 6.42 Å². The molecule has 1 heterocycles. The maximum atomic E-state index is 3.72. The Morgan fingerprint density at radius 1 is 1.31 bits per heavy atom. The Labute approximate surface area is 106 Å². The molecule has 1 N–H and O–H groups in total. The van der Waals surface area contributed by atoms with Gasteiger partial charge in [-0.15, -0.1) is 0 Å². The van der Waals surface area contributed by atoms with Crippen molar-refractivity contribution >= 4 is 11.8 Å². The summed E-state index contributed by atoms with van der Waals surface area (Å²) >= 11 is 1.96. The Morgan fingerprint density at radius 2 is 2.12 bits per heavy atom. The zero-order chi connectivity index (χ0) is 11.8. The topological polar surface area (TPSA) is 15.3 Å². The number of hydrogen-bond donors (Lipinski definition) is 1. The number of piperidine rings is 1. The van der Waals surface area contributed by atoms with Crippen molar-refractivity contribution in [3.8, 4) is 0 Å². The first-order chi connectivity index (χ1) is 7.74. The summed E-state index contributed by atoms with van der Waals surface area (Å²) in [6.07, 6.45) is 8.95. The zero-order valence-corrected chi connectivity index (χ0v) is 12.0. The van der Waals surface area contributed by atoms with Crippen LogP contribution in [0.1, 0.15) is 39.0 Å². The van der Waals surface area contributed by atoms with Crippen LogP contribution in [0.25, 0.3) is 0 Å². The van der Waals surface area contributed by atoms with Gasteiger partial charge in [-0.05, 0) is 64.8 Å². The molecule has 16 heavy (non-hydrogen) atoms. The standard InChI is InChI=1S/C13H28N2S/c1-12-11-13(7-9-15(12)2)14-8-5-4-6-10-16-3/h12-14H,4-11H2,1-3H3. The number of thioether (sulfide) groups is 1. The van der Waals surface area contributed by atoms with Crippen molar-refractivity contribution in [3.63, 3.8) is 0 Å². The second-order valence-corrected chi connectivity index (χ2v) is 6.04. The molecule has 2 atom stereocenters. The van der Waals surface area contributed by atoms with Crippen LogP contribution in [0.4, 0.5) is 0 Å². The fraction of sp³-hybridized carbons (Fsp3) is 1.00. The molecule has 1 saturated heterocycles. The summed E-state index contributed by atoms with van der Waals surface area (Å²) in [5.41, 5.74) is 0. The van der Waals surface area contributed by atoms with Gasteiger partial charge in [0, 0.05) is 12.1 Å². The predicted octanol–water partition coefficient (Wildman–Crippen LogP) is 2.59. The molecule has 1 aliphatic rings. The van der Waals surface area contributed by atoms with Crippen LogP contribution in [0, 0.1) is 0 Å². The monoisotopic (exact) mass is 244 g/mol. The second-order valence-electron chi connectivity index (χ2n) is 5.06. The Balaban J connectivity index is 1.97. The van der Waals surface area contributed by atoms with Crippen LogP contribution in [0.5, 0.6) is 0 Å². The highest BCUT2D eigenvalue weighted by molar-refractivity contribution is 7.98. The van der Waals surface area contributed by atoms with Gasteiger partial charge in [-0.3, -0.25) is 0 Å². The van der Waals surface area contributed by atoms with Gasteiger partial charge >= 0.3 is 0 Å². The van der Waals surface area contributed by atoms with Gasteiger partial charge in [0.05, 0.1) is 0 Å². The summed E-state index contributed by atoms with van der Waals surface area (Å²) in [5, 5.41) is 3.72. The van der Waals surface area contributed by atoms with E-state index in [1.54, 1.807) is 0 Å². The molecule has 0 aromatic rings. The molecular formula is C13H28N2S.